The van der Waals surface area contributed by atoms with Crippen LogP contribution < -0.4 is 10.1 Å². The van der Waals surface area contributed by atoms with E-state index in [0.29, 0.717) is 12.0 Å². The lowest BCUT2D eigenvalue weighted by atomic mass is 10.2. The van der Waals surface area contributed by atoms with Crippen LogP contribution in [-0.2, 0) is 11.3 Å². The molecule has 0 aliphatic heterocycles. The largest absolute Gasteiger partial charge is 0.494 e. The third-order valence-corrected chi connectivity index (χ3v) is 2.27. The molecule has 0 aliphatic carbocycles. The minimum Gasteiger partial charge on any atom is -0.494 e. The first-order chi connectivity index (χ1) is 8.17. The second-order valence-electron chi connectivity index (χ2n) is 3.57. The number of ether oxygens (including phenoxy) is 1. The molecule has 1 aromatic carbocycles. The first-order valence-electron chi connectivity index (χ1n) is 5.37. The molecule has 94 valence electrons. The van der Waals surface area contributed by atoms with E-state index in [0.717, 1.165) is 0 Å². The Morgan fingerprint density at radius 3 is 2.88 bits per heavy atom. The molecule has 0 aliphatic rings. The Hall–Kier alpha value is -1.62. The van der Waals surface area contributed by atoms with Crippen molar-refractivity contribution in [3.8, 4) is 5.75 Å². The van der Waals surface area contributed by atoms with Crippen LogP contribution in [-0.4, -0.2) is 24.7 Å². The van der Waals surface area contributed by atoms with Crippen molar-refractivity contribution >= 4 is 5.91 Å². The Bertz CT molecular complexity index is 382. The second kappa shape index (κ2) is 6.85. The van der Waals surface area contributed by atoms with Crippen LogP contribution in [0.15, 0.2) is 18.2 Å². The molecule has 0 heterocycles. The van der Waals surface area contributed by atoms with Gasteiger partial charge in [-0.2, -0.15) is 0 Å². The van der Waals surface area contributed by atoms with E-state index in [1.54, 1.807) is 6.07 Å². The highest BCUT2D eigenvalue weighted by Crippen LogP contribution is 2.17. The van der Waals surface area contributed by atoms with E-state index in [4.69, 9.17) is 9.84 Å². The molecule has 0 spiro atoms. The molecule has 1 aromatic rings. The number of amides is 1. The lowest BCUT2D eigenvalue weighted by Crippen LogP contribution is -2.22. The van der Waals surface area contributed by atoms with Crippen molar-refractivity contribution < 1.29 is 19.0 Å². The van der Waals surface area contributed by atoms with E-state index >= 15 is 0 Å². The summed E-state index contributed by atoms with van der Waals surface area (Å²) in [6.07, 6.45) is 0.706. The maximum absolute atomic E-state index is 13.3. The maximum atomic E-state index is 13.3. The van der Waals surface area contributed by atoms with E-state index in [2.05, 4.69) is 5.32 Å². The molecule has 0 radical (unpaired) electrons. The predicted molar refractivity (Wildman–Crippen MR) is 61.1 cm³/mol. The van der Waals surface area contributed by atoms with Gasteiger partial charge < -0.3 is 15.2 Å². The number of halogens is 1. The van der Waals surface area contributed by atoms with Gasteiger partial charge in [-0.3, -0.25) is 4.79 Å². The van der Waals surface area contributed by atoms with Crippen molar-refractivity contribution in [2.24, 2.45) is 0 Å². The lowest BCUT2D eigenvalue weighted by molar-refractivity contribution is -0.121. The molecule has 1 amide bonds. The Labute approximate surface area is 99.4 Å². The Morgan fingerprint density at radius 2 is 2.29 bits per heavy atom. The number of aliphatic hydroxyl groups excluding tert-OH is 1. The van der Waals surface area contributed by atoms with Gasteiger partial charge in [0.15, 0.2) is 11.6 Å². The highest BCUT2D eigenvalue weighted by molar-refractivity contribution is 5.75. The van der Waals surface area contributed by atoms with Crippen molar-refractivity contribution in [3.05, 3.63) is 29.6 Å². The van der Waals surface area contributed by atoms with Gasteiger partial charge in [-0.25, -0.2) is 4.39 Å². The van der Waals surface area contributed by atoms with E-state index < -0.39 is 5.82 Å². The fourth-order valence-electron chi connectivity index (χ4n) is 1.35. The molecule has 0 unspecified atom stereocenters. The zero-order valence-corrected chi connectivity index (χ0v) is 9.70. The molecule has 0 bridgehead atoms. The van der Waals surface area contributed by atoms with Gasteiger partial charge in [-0.15, -0.1) is 0 Å². The summed E-state index contributed by atoms with van der Waals surface area (Å²) < 4.78 is 18.1. The highest BCUT2D eigenvalue weighted by Gasteiger charge is 2.05. The summed E-state index contributed by atoms with van der Waals surface area (Å²) in [5.41, 5.74) is 0.667. The Kier molecular flexibility index (Phi) is 5.42. The number of nitrogens with one attached hydrogen (secondary N) is 1. The van der Waals surface area contributed by atoms with Gasteiger partial charge in [0, 0.05) is 19.6 Å². The molecule has 2 N–H and O–H groups in total. The third kappa shape index (κ3) is 4.40. The van der Waals surface area contributed by atoms with Crippen molar-refractivity contribution in [1.82, 2.24) is 5.32 Å². The van der Waals surface area contributed by atoms with Gasteiger partial charge >= 0.3 is 0 Å². The number of aliphatic hydroxyl groups is 1. The molecular formula is C12H16FNO3. The van der Waals surface area contributed by atoms with E-state index in [9.17, 15) is 9.18 Å². The van der Waals surface area contributed by atoms with Crippen LogP contribution >= 0.6 is 0 Å². The van der Waals surface area contributed by atoms with Gasteiger partial charge in [-0.1, -0.05) is 6.07 Å². The van der Waals surface area contributed by atoms with Crippen LogP contribution in [0.25, 0.3) is 0 Å². The first-order valence-corrected chi connectivity index (χ1v) is 5.37. The summed E-state index contributed by atoms with van der Waals surface area (Å²) in [7, 11) is 1.40. The van der Waals surface area contributed by atoms with E-state index in [1.165, 1.54) is 19.2 Å². The van der Waals surface area contributed by atoms with Gasteiger partial charge in [0.1, 0.15) is 0 Å². The molecular weight excluding hydrogens is 225 g/mol. The Morgan fingerprint density at radius 1 is 1.53 bits per heavy atom. The third-order valence-electron chi connectivity index (χ3n) is 2.27. The fraction of sp³-hybridized carbons (Fsp3) is 0.417. The van der Waals surface area contributed by atoms with E-state index in [-0.39, 0.29) is 31.2 Å². The number of carbonyl (C=O) groups is 1. The van der Waals surface area contributed by atoms with Crippen LogP contribution in [0, 0.1) is 5.82 Å². The van der Waals surface area contributed by atoms with Crippen molar-refractivity contribution in [1.29, 1.82) is 0 Å². The molecule has 5 heteroatoms. The smallest absolute Gasteiger partial charge is 0.220 e. The summed E-state index contributed by atoms with van der Waals surface area (Å²) in [5.74, 6) is -0.426. The van der Waals surface area contributed by atoms with Crippen LogP contribution in [0.5, 0.6) is 5.75 Å². The molecule has 0 saturated carbocycles. The number of hydrogen-bond acceptors (Lipinski definition) is 3. The SMILES string of the molecule is COc1ccc(CNC(=O)CCCO)cc1F. The van der Waals surface area contributed by atoms with Crippen LogP contribution in [0.2, 0.25) is 0 Å². The van der Waals surface area contributed by atoms with Crippen molar-refractivity contribution in [3.63, 3.8) is 0 Å². The average molecular weight is 241 g/mol. The van der Waals surface area contributed by atoms with Crippen LogP contribution in [0.3, 0.4) is 0 Å². The summed E-state index contributed by atoms with van der Waals surface area (Å²) in [5, 5.41) is 11.2. The molecule has 1 rings (SSSR count). The van der Waals surface area contributed by atoms with E-state index in [1.807, 2.05) is 0 Å². The molecule has 0 fully saturated rings. The summed E-state index contributed by atoms with van der Waals surface area (Å²) >= 11 is 0. The van der Waals surface area contributed by atoms with Gasteiger partial charge in [0.05, 0.1) is 7.11 Å². The number of carbonyl (C=O) groups excluding carboxylic acids is 1. The zero-order valence-electron chi connectivity index (χ0n) is 9.70. The summed E-state index contributed by atoms with van der Waals surface area (Å²) in [4.78, 5) is 11.2. The quantitative estimate of drug-likeness (QED) is 0.787. The number of methoxy groups -OCH3 is 1. The number of hydrogen-bond donors (Lipinski definition) is 2. The minimum atomic E-state index is -0.449. The van der Waals surface area contributed by atoms with Crippen LogP contribution in [0.4, 0.5) is 4.39 Å². The first kappa shape index (κ1) is 13.4. The highest BCUT2D eigenvalue weighted by atomic mass is 19.1. The standard InChI is InChI=1S/C12H16FNO3/c1-17-11-5-4-9(7-10(11)13)8-14-12(16)3-2-6-15/h4-5,7,15H,2-3,6,8H2,1H3,(H,14,16). The monoisotopic (exact) mass is 241 g/mol. The van der Waals surface area contributed by atoms with Gasteiger partial charge in [-0.05, 0) is 24.1 Å². The second-order valence-corrected chi connectivity index (χ2v) is 3.57. The maximum Gasteiger partial charge on any atom is 0.220 e. The fourth-order valence-corrected chi connectivity index (χ4v) is 1.35. The van der Waals surface area contributed by atoms with Crippen LogP contribution in [0.1, 0.15) is 18.4 Å². The lowest BCUT2D eigenvalue weighted by Gasteiger charge is -2.07. The number of rotatable bonds is 6. The minimum absolute atomic E-state index is 0.00934. The summed E-state index contributed by atoms with van der Waals surface area (Å²) in [6, 6.07) is 4.53. The molecule has 17 heavy (non-hydrogen) atoms. The zero-order chi connectivity index (χ0) is 12.7. The average Bonchev–Trinajstić information content (AvgIpc) is 2.34. The van der Waals surface area contributed by atoms with Gasteiger partial charge in [0.2, 0.25) is 5.91 Å². The molecule has 0 atom stereocenters. The predicted octanol–water partition coefficient (Wildman–Crippen LogP) is 1.22. The van der Waals surface area contributed by atoms with Crippen molar-refractivity contribution in [2.45, 2.75) is 19.4 Å². The topological polar surface area (TPSA) is 58.6 Å². The molecule has 0 aromatic heterocycles. The molecule has 0 saturated heterocycles. The summed E-state index contributed by atoms with van der Waals surface area (Å²) in [6.45, 7) is 0.260. The van der Waals surface area contributed by atoms with Crippen molar-refractivity contribution in [2.75, 3.05) is 13.7 Å². The Balaban J connectivity index is 2.47. The van der Waals surface area contributed by atoms with Gasteiger partial charge in [0.25, 0.3) is 0 Å². The number of benzene rings is 1. The normalized spacial score (nSPS) is 10.1. The molecule has 4 nitrogen and oxygen atoms in total.